The number of nitro groups is 1. The molecule has 2 aromatic rings. The fraction of sp³-hybridized carbons (Fsp3) is 0. The van der Waals surface area contributed by atoms with E-state index < -0.39 is 4.92 Å². The van der Waals surface area contributed by atoms with Gasteiger partial charge in [-0.2, -0.15) is 0 Å². The predicted molar refractivity (Wildman–Crippen MR) is 68.0 cm³/mol. The van der Waals surface area contributed by atoms with Crippen LogP contribution in [-0.2, 0) is 0 Å². The second kappa shape index (κ2) is 4.42. The molecule has 0 spiro atoms. The molecule has 0 atom stereocenters. The van der Waals surface area contributed by atoms with Crippen molar-refractivity contribution in [1.29, 1.82) is 0 Å². The Morgan fingerprint density at radius 1 is 1.24 bits per heavy atom. The van der Waals surface area contributed by atoms with E-state index in [1.807, 2.05) is 24.3 Å². The molecule has 2 N–H and O–H groups in total. The Labute approximate surface area is 103 Å². The number of hydrogen-bond acceptors (Lipinski definition) is 5. The molecule has 0 amide bonds. The summed E-state index contributed by atoms with van der Waals surface area (Å²) in [6, 6.07) is 10.2. The smallest absolute Gasteiger partial charge is 0.311 e. The van der Waals surface area contributed by atoms with Crippen molar-refractivity contribution < 1.29 is 4.92 Å². The van der Waals surface area contributed by atoms with E-state index in [1.165, 1.54) is 6.07 Å². The molecule has 0 saturated carbocycles. The van der Waals surface area contributed by atoms with Gasteiger partial charge in [-0.3, -0.25) is 10.1 Å². The van der Waals surface area contributed by atoms with E-state index in [0.29, 0.717) is 5.69 Å². The maximum atomic E-state index is 10.6. The summed E-state index contributed by atoms with van der Waals surface area (Å²) in [4.78, 5) is 14.8. The molecule has 0 aliphatic rings. The first kappa shape index (κ1) is 11.4. The molecule has 0 radical (unpaired) electrons. The lowest BCUT2D eigenvalue weighted by atomic mass is 10.1. The highest BCUT2D eigenvalue weighted by atomic mass is 32.1. The third kappa shape index (κ3) is 2.21. The fourth-order valence-corrected chi connectivity index (χ4v) is 1.74. The molecule has 0 bridgehead atoms. The minimum Gasteiger partial charge on any atom is -0.378 e. The van der Waals surface area contributed by atoms with Crippen molar-refractivity contribution >= 4 is 24.1 Å². The van der Waals surface area contributed by atoms with Gasteiger partial charge in [-0.05, 0) is 12.1 Å². The van der Waals surface area contributed by atoms with Crippen LogP contribution in [-0.4, -0.2) is 9.91 Å². The molecule has 1 aromatic heterocycles. The van der Waals surface area contributed by atoms with Gasteiger partial charge in [0.2, 0.25) is 5.82 Å². The Kier molecular flexibility index (Phi) is 2.97. The maximum Gasteiger partial charge on any atom is 0.311 e. The number of nitrogens with zero attached hydrogens (tertiary/aromatic N) is 2. The van der Waals surface area contributed by atoms with Crippen LogP contribution < -0.4 is 5.73 Å². The number of nitrogens with two attached hydrogens (primary N) is 1. The molecule has 5 nitrogen and oxygen atoms in total. The van der Waals surface area contributed by atoms with E-state index in [-0.39, 0.29) is 11.5 Å². The highest BCUT2D eigenvalue weighted by Gasteiger charge is 2.14. The summed E-state index contributed by atoms with van der Waals surface area (Å²) in [5.41, 5.74) is 6.70. The number of thiol groups is 1. The lowest BCUT2D eigenvalue weighted by Crippen LogP contribution is -1.99. The summed E-state index contributed by atoms with van der Waals surface area (Å²) in [7, 11) is 0. The number of nitrogen functional groups attached to an aromatic ring is 1. The average Bonchev–Trinajstić information content (AvgIpc) is 2.29. The number of hydrogen-bond donors (Lipinski definition) is 2. The van der Waals surface area contributed by atoms with Gasteiger partial charge in [0.05, 0.1) is 10.6 Å². The Balaban J connectivity index is 2.52. The van der Waals surface area contributed by atoms with E-state index in [4.69, 9.17) is 5.73 Å². The zero-order chi connectivity index (χ0) is 12.4. The lowest BCUT2D eigenvalue weighted by molar-refractivity contribution is -0.384. The predicted octanol–water partition coefficient (Wildman–Crippen LogP) is 2.53. The van der Waals surface area contributed by atoms with Gasteiger partial charge in [0.15, 0.2) is 0 Å². The number of pyridine rings is 1. The van der Waals surface area contributed by atoms with Crippen LogP contribution in [0.1, 0.15) is 0 Å². The van der Waals surface area contributed by atoms with E-state index in [2.05, 4.69) is 17.6 Å². The quantitative estimate of drug-likeness (QED) is 0.485. The van der Waals surface area contributed by atoms with Crippen molar-refractivity contribution in [3.63, 3.8) is 0 Å². The van der Waals surface area contributed by atoms with Crippen LogP contribution in [0, 0.1) is 10.1 Å². The van der Waals surface area contributed by atoms with Gasteiger partial charge in [0.25, 0.3) is 0 Å². The zero-order valence-corrected chi connectivity index (χ0v) is 9.59. The topological polar surface area (TPSA) is 82.0 Å². The van der Waals surface area contributed by atoms with Gasteiger partial charge in [-0.1, -0.05) is 18.2 Å². The molecular formula is C11H9N3O2S. The highest BCUT2D eigenvalue weighted by molar-refractivity contribution is 7.80. The number of aromatic nitrogens is 1. The normalized spacial score (nSPS) is 10.2. The van der Waals surface area contributed by atoms with Crippen molar-refractivity contribution in [3.8, 4) is 11.3 Å². The summed E-state index contributed by atoms with van der Waals surface area (Å²) in [5, 5.41) is 10.6. The summed E-state index contributed by atoms with van der Waals surface area (Å²) in [6.45, 7) is 0. The van der Waals surface area contributed by atoms with Crippen molar-refractivity contribution in [2.24, 2.45) is 0 Å². The Hall–Kier alpha value is -2.08. The first-order valence-corrected chi connectivity index (χ1v) is 5.23. The van der Waals surface area contributed by atoms with Crippen LogP contribution in [0.4, 0.5) is 11.5 Å². The SMILES string of the molecule is Nc1nc(-c2ccccc2S)ccc1[N+](=O)[O-]. The second-order valence-electron chi connectivity index (χ2n) is 3.38. The zero-order valence-electron chi connectivity index (χ0n) is 8.70. The molecule has 0 aliphatic carbocycles. The first-order chi connectivity index (χ1) is 8.09. The molecule has 17 heavy (non-hydrogen) atoms. The molecule has 1 heterocycles. The number of anilines is 1. The first-order valence-electron chi connectivity index (χ1n) is 4.79. The molecule has 0 unspecified atom stereocenters. The summed E-state index contributed by atoms with van der Waals surface area (Å²) >= 11 is 4.30. The highest BCUT2D eigenvalue weighted by Crippen LogP contribution is 2.28. The van der Waals surface area contributed by atoms with Crippen LogP contribution in [0.3, 0.4) is 0 Å². The van der Waals surface area contributed by atoms with Crippen LogP contribution in [0.2, 0.25) is 0 Å². The van der Waals surface area contributed by atoms with E-state index in [0.717, 1.165) is 10.5 Å². The van der Waals surface area contributed by atoms with Gasteiger partial charge in [-0.15, -0.1) is 12.6 Å². The molecule has 86 valence electrons. The molecule has 0 saturated heterocycles. The largest absolute Gasteiger partial charge is 0.378 e. The van der Waals surface area contributed by atoms with Gasteiger partial charge >= 0.3 is 5.69 Å². The van der Waals surface area contributed by atoms with Crippen LogP contribution in [0.25, 0.3) is 11.3 Å². The van der Waals surface area contributed by atoms with E-state index in [1.54, 1.807) is 6.07 Å². The Morgan fingerprint density at radius 2 is 1.94 bits per heavy atom. The minimum atomic E-state index is -0.557. The minimum absolute atomic E-state index is 0.0934. The molecule has 6 heteroatoms. The lowest BCUT2D eigenvalue weighted by Gasteiger charge is -2.04. The standard InChI is InChI=1S/C11H9N3O2S/c12-11-9(14(15)16)6-5-8(13-11)7-3-1-2-4-10(7)17/h1-6,17H,(H2,12,13). The molecule has 2 rings (SSSR count). The van der Waals surface area contributed by atoms with E-state index in [9.17, 15) is 10.1 Å². The third-order valence-corrected chi connectivity index (χ3v) is 2.67. The third-order valence-electron chi connectivity index (χ3n) is 2.28. The number of benzene rings is 1. The van der Waals surface area contributed by atoms with Crippen molar-refractivity contribution in [3.05, 3.63) is 46.5 Å². The van der Waals surface area contributed by atoms with Crippen molar-refractivity contribution in [2.75, 3.05) is 5.73 Å². The Morgan fingerprint density at radius 3 is 2.53 bits per heavy atom. The summed E-state index contributed by atoms with van der Waals surface area (Å²) in [6.07, 6.45) is 0. The molecule has 0 fully saturated rings. The van der Waals surface area contributed by atoms with Crippen LogP contribution >= 0.6 is 12.6 Å². The summed E-state index contributed by atoms with van der Waals surface area (Å²) in [5.74, 6) is -0.0934. The molecule has 0 aliphatic heterocycles. The van der Waals surface area contributed by atoms with E-state index >= 15 is 0 Å². The second-order valence-corrected chi connectivity index (χ2v) is 3.86. The van der Waals surface area contributed by atoms with Crippen LogP contribution in [0.5, 0.6) is 0 Å². The Bertz CT molecular complexity index is 587. The monoisotopic (exact) mass is 247 g/mol. The van der Waals surface area contributed by atoms with Crippen molar-refractivity contribution in [1.82, 2.24) is 4.98 Å². The summed E-state index contributed by atoms with van der Waals surface area (Å²) < 4.78 is 0. The molecule has 1 aromatic carbocycles. The fourth-order valence-electron chi connectivity index (χ4n) is 1.46. The van der Waals surface area contributed by atoms with Crippen molar-refractivity contribution in [2.45, 2.75) is 4.90 Å². The van der Waals surface area contributed by atoms with Gasteiger partial charge < -0.3 is 5.73 Å². The van der Waals surface area contributed by atoms with Gasteiger partial charge in [-0.25, -0.2) is 4.98 Å². The van der Waals surface area contributed by atoms with Gasteiger partial charge in [0.1, 0.15) is 0 Å². The average molecular weight is 247 g/mol. The van der Waals surface area contributed by atoms with Gasteiger partial charge in [0, 0.05) is 16.5 Å². The number of rotatable bonds is 2. The molecular weight excluding hydrogens is 238 g/mol. The van der Waals surface area contributed by atoms with Crippen LogP contribution in [0.15, 0.2) is 41.3 Å². The maximum absolute atomic E-state index is 10.6.